The van der Waals surface area contributed by atoms with Crippen molar-refractivity contribution < 1.29 is 0 Å². The van der Waals surface area contributed by atoms with Crippen LogP contribution in [-0.2, 0) is 0 Å². The maximum atomic E-state index is 4.45. The van der Waals surface area contributed by atoms with Crippen LogP contribution in [-0.4, -0.2) is 19.5 Å². The number of nitrogens with one attached hydrogen (secondary N) is 1. The van der Waals surface area contributed by atoms with Crippen molar-refractivity contribution >= 4 is 11.2 Å². The monoisotopic (exact) mass is 184 g/mol. The van der Waals surface area contributed by atoms with Crippen molar-refractivity contribution in [1.82, 2.24) is 19.5 Å². The lowest BCUT2D eigenvalue weighted by molar-refractivity contribution is 1.00. The van der Waals surface area contributed by atoms with Crippen LogP contribution in [0.15, 0.2) is 43.0 Å². The lowest BCUT2D eigenvalue weighted by Crippen LogP contribution is -1.94. The van der Waals surface area contributed by atoms with Gasteiger partial charge in [0.05, 0.1) is 6.20 Å². The molecule has 0 aliphatic heterocycles. The summed E-state index contributed by atoms with van der Waals surface area (Å²) in [4.78, 5) is 11.7. The van der Waals surface area contributed by atoms with Gasteiger partial charge in [0.2, 0.25) is 0 Å². The van der Waals surface area contributed by atoms with Crippen LogP contribution in [0.5, 0.6) is 0 Å². The molecular formula is C10H8N4. The Morgan fingerprint density at radius 3 is 2.93 bits per heavy atom. The van der Waals surface area contributed by atoms with Gasteiger partial charge in [0.15, 0.2) is 11.5 Å². The van der Waals surface area contributed by atoms with Crippen molar-refractivity contribution in [1.29, 1.82) is 0 Å². The lowest BCUT2D eigenvalue weighted by atomic mass is 10.5. The molecule has 0 aliphatic rings. The summed E-state index contributed by atoms with van der Waals surface area (Å²) in [6.07, 6.45) is 7.48. The van der Waals surface area contributed by atoms with E-state index in [-0.39, 0.29) is 0 Å². The van der Waals surface area contributed by atoms with E-state index in [0.29, 0.717) is 0 Å². The van der Waals surface area contributed by atoms with E-state index in [1.54, 1.807) is 6.20 Å². The molecule has 0 spiro atoms. The first-order valence-corrected chi connectivity index (χ1v) is 4.37. The van der Waals surface area contributed by atoms with Crippen molar-refractivity contribution in [3.8, 4) is 5.82 Å². The first kappa shape index (κ1) is 7.32. The molecule has 0 bridgehead atoms. The predicted octanol–water partition coefficient (Wildman–Crippen LogP) is 1.75. The molecule has 0 radical (unpaired) electrons. The Bertz CT molecular complexity index is 550. The molecule has 14 heavy (non-hydrogen) atoms. The average Bonchev–Trinajstić information content (AvgIpc) is 2.88. The zero-order valence-corrected chi connectivity index (χ0v) is 7.38. The van der Waals surface area contributed by atoms with Crippen LogP contribution >= 0.6 is 0 Å². The fourth-order valence-electron chi connectivity index (χ4n) is 1.43. The second-order valence-corrected chi connectivity index (χ2v) is 3.03. The van der Waals surface area contributed by atoms with Crippen LogP contribution in [0.3, 0.4) is 0 Å². The van der Waals surface area contributed by atoms with Gasteiger partial charge in [0.1, 0.15) is 5.52 Å². The minimum Gasteiger partial charge on any atom is -0.345 e. The van der Waals surface area contributed by atoms with E-state index in [9.17, 15) is 0 Å². The molecule has 3 rings (SSSR count). The number of aromatic amines is 1. The highest BCUT2D eigenvalue weighted by Crippen LogP contribution is 2.09. The van der Waals surface area contributed by atoms with Gasteiger partial charge in [-0.15, -0.1) is 0 Å². The van der Waals surface area contributed by atoms with Crippen LogP contribution in [0, 0.1) is 0 Å². The first-order valence-electron chi connectivity index (χ1n) is 4.37. The summed E-state index contributed by atoms with van der Waals surface area (Å²) < 4.78 is 1.93. The standard InChI is InChI=1S/C10H8N4/c1-2-6-14(5-1)9-7-12-10-8(13-9)3-4-11-10/h1-7H,(H,11,12). The number of nitrogens with zero attached hydrogens (tertiary/aromatic N) is 3. The van der Waals surface area contributed by atoms with E-state index < -0.39 is 0 Å². The third-order valence-corrected chi connectivity index (χ3v) is 2.12. The summed E-state index contributed by atoms with van der Waals surface area (Å²) in [6.45, 7) is 0. The second kappa shape index (κ2) is 2.70. The van der Waals surface area contributed by atoms with Gasteiger partial charge in [-0.2, -0.15) is 0 Å². The summed E-state index contributed by atoms with van der Waals surface area (Å²) >= 11 is 0. The topological polar surface area (TPSA) is 46.5 Å². The van der Waals surface area contributed by atoms with Gasteiger partial charge in [-0.1, -0.05) is 0 Å². The van der Waals surface area contributed by atoms with Crippen LogP contribution in [0.25, 0.3) is 17.0 Å². The molecule has 0 aliphatic carbocycles. The smallest absolute Gasteiger partial charge is 0.156 e. The molecule has 0 fully saturated rings. The number of fused-ring (bicyclic) bond motifs is 1. The molecule has 68 valence electrons. The highest BCUT2D eigenvalue weighted by atomic mass is 15.1. The van der Waals surface area contributed by atoms with Gasteiger partial charge in [-0.3, -0.25) is 0 Å². The normalized spacial score (nSPS) is 10.9. The van der Waals surface area contributed by atoms with E-state index in [2.05, 4.69) is 15.0 Å². The molecule has 4 heteroatoms. The quantitative estimate of drug-likeness (QED) is 0.626. The Morgan fingerprint density at radius 2 is 2.07 bits per heavy atom. The molecule has 0 aromatic carbocycles. The van der Waals surface area contributed by atoms with E-state index in [1.165, 1.54) is 0 Å². The molecule has 0 saturated carbocycles. The Hall–Kier alpha value is -2.10. The zero-order chi connectivity index (χ0) is 9.38. The number of hydrogen-bond donors (Lipinski definition) is 1. The molecular weight excluding hydrogens is 176 g/mol. The number of H-pyrrole nitrogens is 1. The van der Waals surface area contributed by atoms with Gasteiger partial charge in [0.25, 0.3) is 0 Å². The summed E-state index contributed by atoms with van der Waals surface area (Å²) in [5.41, 5.74) is 1.71. The van der Waals surface area contributed by atoms with Crippen molar-refractivity contribution in [3.05, 3.63) is 43.0 Å². The molecule has 0 saturated heterocycles. The van der Waals surface area contributed by atoms with Crippen molar-refractivity contribution in [2.45, 2.75) is 0 Å². The molecule has 0 amide bonds. The Morgan fingerprint density at radius 1 is 1.21 bits per heavy atom. The van der Waals surface area contributed by atoms with Gasteiger partial charge in [-0.05, 0) is 18.2 Å². The van der Waals surface area contributed by atoms with E-state index in [4.69, 9.17) is 0 Å². The minimum atomic E-state index is 0.820. The van der Waals surface area contributed by atoms with E-state index in [0.717, 1.165) is 17.0 Å². The Kier molecular flexibility index (Phi) is 1.41. The highest BCUT2D eigenvalue weighted by Gasteiger charge is 2.00. The third-order valence-electron chi connectivity index (χ3n) is 2.12. The SMILES string of the molecule is c1ccn(-c2cnc3[nH]ccc3n2)c1. The first-order chi connectivity index (χ1) is 6.93. The van der Waals surface area contributed by atoms with Crippen LogP contribution < -0.4 is 0 Å². The number of hydrogen-bond acceptors (Lipinski definition) is 2. The average molecular weight is 184 g/mol. The second-order valence-electron chi connectivity index (χ2n) is 3.03. The Labute approximate surface area is 80.2 Å². The summed E-state index contributed by atoms with van der Waals surface area (Å²) in [6, 6.07) is 5.83. The molecule has 1 N–H and O–H groups in total. The maximum absolute atomic E-state index is 4.45. The molecule has 3 heterocycles. The van der Waals surface area contributed by atoms with Gasteiger partial charge < -0.3 is 9.55 Å². The van der Waals surface area contributed by atoms with Crippen LogP contribution in [0.2, 0.25) is 0 Å². The molecule has 0 atom stereocenters. The van der Waals surface area contributed by atoms with Crippen molar-refractivity contribution in [2.75, 3.05) is 0 Å². The van der Waals surface area contributed by atoms with Crippen LogP contribution in [0.1, 0.15) is 0 Å². The minimum absolute atomic E-state index is 0.820. The lowest BCUT2D eigenvalue weighted by Gasteiger charge is -1.99. The van der Waals surface area contributed by atoms with E-state index >= 15 is 0 Å². The molecule has 4 nitrogen and oxygen atoms in total. The van der Waals surface area contributed by atoms with Crippen LogP contribution in [0.4, 0.5) is 0 Å². The predicted molar refractivity (Wildman–Crippen MR) is 53.2 cm³/mol. The highest BCUT2D eigenvalue weighted by molar-refractivity contribution is 5.70. The van der Waals surface area contributed by atoms with Crippen molar-refractivity contribution in [3.63, 3.8) is 0 Å². The number of rotatable bonds is 1. The summed E-state index contributed by atoms with van der Waals surface area (Å²) in [7, 11) is 0. The summed E-state index contributed by atoms with van der Waals surface area (Å²) in [5, 5.41) is 0. The Balaban J connectivity index is 2.23. The fraction of sp³-hybridized carbons (Fsp3) is 0. The van der Waals surface area contributed by atoms with Gasteiger partial charge in [0, 0.05) is 18.6 Å². The fourth-order valence-corrected chi connectivity index (χ4v) is 1.43. The van der Waals surface area contributed by atoms with E-state index in [1.807, 2.05) is 41.4 Å². The maximum Gasteiger partial charge on any atom is 0.156 e. The van der Waals surface area contributed by atoms with Gasteiger partial charge in [-0.25, -0.2) is 9.97 Å². The summed E-state index contributed by atoms with van der Waals surface area (Å²) in [5.74, 6) is 0.835. The number of aromatic nitrogens is 4. The molecule has 0 unspecified atom stereocenters. The third kappa shape index (κ3) is 1.01. The molecule has 3 aromatic heterocycles. The largest absolute Gasteiger partial charge is 0.345 e. The van der Waals surface area contributed by atoms with Gasteiger partial charge >= 0.3 is 0 Å². The van der Waals surface area contributed by atoms with Crippen molar-refractivity contribution in [2.24, 2.45) is 0 Å². The zero-order valence-electron chi connectivity index (χ0n) is 7.38. The molecule has 3 aromatic rings.